The first-order valence-electron chi connectivity index (χ1n) is 10.0. The van der Waals surface area contributed by atoms with E-state index in [-0.39, 0.29) is 18.0 Å². The number of rotatable bonds is 3. The largest absolute Gasteiger partial charge is 0.462 e. The lowest BCUT2D eigenvalue weighted by Crippen LogP contribution is -2.42. The summed E-state index contributed by atoms with van der Waals surface area (Å²) < 4.78 is 5.64. The third-order valence-corrected chi connectivity index (χ3v) is 6.75. The van der Waals surface area contributed by atoms with Gasteiger partial charge in [0.2, 0.25) is 0 Å². The average Bonchev–Trinajstić information content (AvgIpc) is 2.93. The van der Waals surface area contributed by atoms with Gasteiger partial charge >= 0.3 is 5.97 Å². The van der Waals surface area contributed by atoms with Crippen molar-refractivity contribution >= 4 is 12.0 Å². The fourth-order valence-electron chi connectivity index (χ4n) is 5.58. The lowest BCUT2D eigenvalue weighted by Gasteiger charge is -2.45. The van der Waals surface area contributed by atoms with Crippen LogP contribution in [-0.4, -0.2) is 17.1 Å². The number of hydrogen-bond donors (Lipinski definition) is 0. The minimum absolute atomic E-state index is 0.0463. The maximum atomic E-state index is 12.3. The first-order chi connectivity index (χ1) is 12.2. The van der Waals surface area contributed by atoms with Gasteiger partial charge in [-0.05, 0) is 62.1 Å². The highest BCUT2D eigenvalue weighted by molar-refractivity contribution is 5.75. The van der Waals surface area contributed by atoms with Crippen LogP contribution in [0, 0.1) is 29.6 Å². The standard InChI is InChI=1S/C22H29NO2/c1-3-16-8-6-9-17(23-16)11-12-19-18-10-5-4-7-15(18)13-20-21(19)14(2)25-22(20)24/h6,8-9,11-12,14-15,18-21H,3-5,7,10,13H2,1-2H3/b12-11+/t14-,15+,18-,19+,20-,21+/m0/s1. The van der Waals surface area contributed by atoms with Crippen LogP contribution in [0.3, 0.4) is 0 Å². The number of pyridine rings is 1. The average molecular weight is 339 g/mol. The summed E-state index contributed by atoms with van der Waals surface area (Å²) in [5.41, 5.74) is 2.17. The topological polar surface area (TPSA) is 39.2 Å². The van der Waals surface area contributed by atoms with Gasteiger partial charge in [-0.3, -0.25) is 9.78 Å². The lowest BCUT2D eigenvalue weighted by atomic mass is 9.57. The van der Waals surface area contributed by atoms with Crippen LogP contribution in [0.2, 0.25) is 0 Å². The van der Waals surface area contributed by atoms with Crippen LogP contribution in [0.25, 0.3) is 6.08 Å². The van der Waals surface area contributed by atoms with E-state index in [1.54, 1.807) is 0 Å². The highest BCUT2D eigenvalue weighted by Crippen LogP contribution is 2.53. The molecule has 2 saturated carbocycles. The summed E-state index contributed by atoms with van der Waals surface area (Å²) in [6.07, 6.45) is 11.8. The molecule has 6 atom stereocenters. The number of ether oxygens (including phenoxy) is 1. The zero-order chi connectivity index (χ0) is 17.4. The van der Waals surface area contributed by atoms with Gasteiger partial charge in [-0.25, -0.2) is 0 Å². The number of esters is 1. The van der Waals surface area contributed by atoms with E-state index in [1.165, 1.54) is 25.7 Å². The van der Waals surface area contributed by atoms with E-state index in [2.05, 4.69) is 44.2 Å². The molecular weight excluding hydrogens is 310 g/mol. The van der Waals surface area contributed by atoms with Crippen LogP contribution < -0.4 is 0 Å². The molecule has 1 aromatic heterocycles. The SMILES string of the molecule is CCc1cccc(/C=C/[C@@H]2[C@H]3CCCC[C@@H]3C[C@@H]3C(=O)O[C@@H](C)[C@H]23)n1. The molecule has 0 bridgehead atoms. The van der Waals surface area contributed by atoms with Gasteiger partial charge in [-0.2, -0.15) is 0 Å². The second-order valence-corrected chi connectivity index (χ2v) is 8.11. The summed E-state index contributed by atoms with van der Waals surface area (Å²) in [4.78, 5) is 17.1. The molecule has 3 heteroatoms. The van der Waals surface area contributed by atoms with E-state index in [9.17, 15) is 4.79 Å². The van der Waals surface area contributed by atoms with Crippen LogP contribution in [0.5, 0.6) is 0 Å². The Labute approximate surface area is 150 Å². The van der Waals surface area contributed by atoms with Crippen LogP contribution in [0.15, 0.2) is 24.3 Å². The number of carbonyl (C=O) groups excluding carboxylic acids is 1. The minimum Gasteiger partial charge on any atom is -0.462 e. The number of carbonyl (C=O) groups is 1. The van der Waals surface area contributed by atoms with Crippen LogP contribution in [0.4, 0.5) is 0 Å². The van der Waals surface area contributed by atoms with Crippen molar-refractivity contribution in [2.24, 2.45) is 29.6 Å². The Hall–Kier alpha value is -1.64. The first kappa shape index (κ1) is 16.8. The second-order valence-electron chi connectivity index (χ2n) is 8.11. The lowest BCUT2D eigenvalue weighted by molar-refractivity contribution is -0.144. The van der Waals surface area contributed by atoms with E-state index in [0.29, 0.717) is 23.7 Å². The Morgan fingerprint density at radius 3 is 2.96 bits per heavy atom. The molecule has 0 spiro atoms. The Morgan fingerprint density at radius 1 is 1.28 bits per heavy atom. The molecule has 3 aliphatic rings. The van der Waals surface area contributed by atoms with Crippen molar-refractivity contribution in [2.45, 2.75) is 58.5 Å². The van der Waals surface area contributed by atoms with Crippen molar-refractivity contribution in [3.63, 3.8) is 0 Å². The maximum absolute atomic E-state index is 12.3. The predicted molar refractivity (Wildman–Crippen MR) is 98.7 cm³/mol. The number of aromatic nitrogens is 1. The summed E-state index contributed by atoms with van der Waals surface area (Å²) in [5, 5.41) is 0. The van der Waals surface area contributed by atoms with E-state index in [0.717, 1.165) is 24.2 Å². The van der Waals surface area contributed by atoms with Gasteiger partial charge in [0.05, 0.1) is 11.6 Å². The summed E-state index contributed by atoms with van der Waals surface area (Å²) in [7, 11) is 0. The Kier molecular flexibility index (Phi) is 4.66. The third kappa shape index (κ3) is 3.14. The molecule has 0 N–H and O–H groups in total. The maximum Gasteiger partial charge on any atom is 0.309 e. The molecule has 2 aliphatic carbocycles. The Morgan fingerprint density at radius 2 is 2.12 bits per heavy atom. The fraction of sp³-hybridized carbons (Fsp3) is 0.636. The highest BCUT2D eigenvalue weighted by atomic mass is 16.6. The number of hydrogen-bond acceptors (Lipinski definition) is 3. The fourth-order valence-corrected chi connectivity index (χ4v) is 5.58. The van der Waals surface area contributed by atoms with Crippen LogP contribution in [0.1, 0.15) is 57.3 Å². The quantitative estimate of drug-likeness (QED) is 0.752. The van der Waals surface area contributed by atoms with Gasteiger partial charge in [-0.15, -0.1) is 0 Å². The molecule has 0 radical (unpaired) electrons. The summed E-state index contributed by atoms with van der Waals surface area (Å²) in [6.45, 7) is 4.22. The van der Waals surface area contributed by atoms with Crippen molar-refractivity contribution < 1.29 is 9.53 Å². The zero-order valence-corrected chi connectivity index (χ0v) is 15.4. The smallest absolute Gasteiger partial charge is 0.309 e. The van der Waals surface area contributed by atoms with Crippen molar-refractivity contribution in [3.05, 3.63) is 35.7 Å². The highest BCUT2D eigenvalue weighted by Gasteiger charge is 2.53. The number of nitrogens with zero attached hydrogens (tertiary/aromatic N) is 1. The predicted octanol–water partition coefficient (Wildman–Crippen LogP) is 4.66. The molecule has 2 heterocycles. The van der Waals surface area contributed by atoms with Gasteiger partial charge in [0.25, 0.3) is 0 Å². The number of fused-ring (bicyclic) bond motifs is 2. The Balaban J connectivity index is 1.63. The van der Waals surface area contributed by atoms with Crippen LogP contribution >= 0.6 is 0 Å². The molecule has 1 saturated heterocycles. The van der Waals surface area contributed by atoms with E-state index < -0.39 is 0 Å². The molecule has 1 aromatic rings. The molecule has 3 fully saturated rings. The number of aryl methyl sites for hydroxylation is 1. The molecule has 134 valence electrons. The molecule has 25 heavy (non-hydrogen) atoms. The third-order valence-electron chi connectivity index (χ3n) is 6.75. The van der Waals surface area contributed by atoms with Crippen molar-refractivity contribution in [1.82, 2.24) is 4.98 Å². The summed E-state index contributed by atoms with van der Waals surface area (Å²) in [5.74, 6) is 2.34. The van der Waals surface area contributed by atoms with Gasteiger partial charge < -0.3 is 4.74 Å². The minimum atomic E-state index is 0.0463. The molecule has 0 unspecified atom stereocenters. The number of allylic oxidation sites excluding steroid dienone is 1. The normalized spacial score (nSPS) is 37.6. The molecule has 4 rings (SSSR count). The molecule has 1 aliphatic heterocycles. The molecule has 3 nitrogen and oxygen atoms in total. The molecule has 0 amide bonds. The molecule has 0 aromatic carbocycles. The summed E-state index contributed by atoms with van der Waals surface area (Å²) in [6, 6.07) is 6.24. The van der Waals surface area contributed by atoms with Gasteiger partial charge in [0.1, 0.15) is 6.10 Å². The summed E-state index contributed by atoms with van der Waals surface area (Å²) >= 11 is 0. The van der Waals surface area contributed by atoms with Gasteiger partial charge in [-0.1, -0.05) is 38.3 Å². The van der Waals surface area contributed by atoms with Crippen molar-refractivity contribution in [3.8, 4) is 0 Å². The van der Waals surface area contributed by atoms with E-state index in [4.69, 9.17) is 9.72 Å². The Bertz CT molecular complexity index is 668. The van der Waals surface area contributed by atoms with E-state index in [1.807, 2.05) is 0 Å². The van der Waals surface area contributed by atoms with Gasteiger partial charge in [0, 0.05) is 11.6 Å². The monoisotopic (exact) mass is 339 g/mol. The first-order valence-corrected chi connectivity index (χ1v) is 10.0. The van der Waals surface area contributed by atoms with Gasteiger partial charge in [0.15, 0.2) is 0 Å². The van der Waals surface area contributed by atoms with Crippen molar-refractivity contribution in [1.29, 1.82) is 0 Å². The number of cyclic esters (lactones) is 1. The van der Waals surface area contributed by atoms with Crippen molar-refractivity contribution in [2.75, 3.05) is 0 Å². The second kappa shape index (κ2) is 6.93. The zero-order valence-electron chi connectivity index (χ0n) is 15.4. The van der Waals surface area contributed by atoms with Crippen LogP contribution in [-0.2, 0) is 16.0 Å². The van der Waals surface area contributed by atoms with E-state index >= 15 is 0 Å². The molecular formula is C22H29NO2.